The summed E-state index contributed by atoms with van der Waals surface area (Å²) >= 11 is 1.76. The molecule has 0 saturated carbocycles. The Bertz CT molecular complexity index is 2220. The van der Waals surface area contributed by atoms with Crippen LogP contribution in [-0.2, 0) is 0 Å². The van der Waals surface area contributed by atoms with Crippen molar-refractivity contribution < 1.29 is 4.42 Å². The summed E-state index contributed by atoms with van der Waals surface area (Å²) in [6, 6.07) is 29.8. The standard InChI is InChI=1S/C38H29N3OS/c1-23-29-20-24(25-17-19-34-30(21-25)27-12-6-8-14-33(27)42-34)16-18-31(29)41(2)32(38(39)40-26-10-4-3-5-11-26)22-36-37(23)28-13-7-9-15-35(28)43-36/h3-10,12-22,26H,1,11H2,2H3,(H2,39,40)/b32-22-. The van der Waals surface area contributed by atoms with Crippen molar-refractivity contribution in [2.75, 3.05) is 11.9 Å². The van der Waals surface area contributed by atoms with Crippen LogP contribution >= 0.6 is 11.3 Å². The third kappa shape index (κ3) is 4.24. The molecule has 4 aromatic carbocycles. The molecule has 1 aliphatic heterocycles. The number of fused-ring (bicyclic) bond motifs is 7. The molecule has 4 nitrogen and oxygen atoms in total. The van der Waals surface area contributed by atoms with Gasteiger partial charge in [-0.3, -0.25) is 4.99 Å². The first-order chi connectivity index (χ1) is 21.0. The van der Waals surface area contributed by atoms with Crippen LogP contribution in [0.2, 0.25) is 0 Å². The number of amidine groups is 1. The molecular weight excluding hydrogens is 547 g/mol. The van der Waals surface area contributed by atoms with Crippen molar-refractivity contribution in [3.63, 3.8) is 0 Å². The fourth-order valence-electron chi connectivity index (χ4n) is 6.27. The molecule has 2 N–H and O–H groups in total. The second-order valence-electron chi connectivity index (χ2n) is 11.1. The molecule has 2 aliphatic rings. The number of hydrogen-bond donors (Lipinski definition) is 1. The van der Waals surface area contributed by atoms with E-state index in [1.165, 1.54) is 10.1 Å². The molecule has 1 atom stereocenters. The summed E-state index contributed by atoms with van der Waals surface area (Å²) in [4.78, 5) is 8.23. The lowest BCUT2D eigenvalue weighted by molar-refractivity contribution is 0.669. The first-order valence-electron chi connectivity index (χ1n) is 14.4. The van der Waals surface area contributed by atoms with E-state index < -0.39 is 0 Å². The van der Waals surface area contributed by atoms with Crippen LogP contribution in [0.15, 0.2) is 131 Å². The summed E-state index contributed by atoms with van der Waals surface area (Å²) in [6.07, 6.45) is 11.3. The minimum atomic E-state index is 0.0253. The molecule has 8 rings (SSSR count). The Labute approximate surface area is 254 Å². The van der Waals surface area contributed by atoms with Gasteiger partial charge in [-0.05, 0) is 65.6 Å². The Balaban J connectivity index is 1.32. The molecule has 0 radical (unpaired) electrons. The van der Waals surface area contributed by atoms with E-state index in [0.29, 0.717) is 5.84 Å². The minimum absolute atomic E-state index is 0.0253. The number of anilines is 1. The van der Waals surface area contributed by atoms with Crippen LogP contribution in [0.3, 0.4) is 0 Å². The van der Waals surface area contributed by atoms with Gasteiger partial charge in [0.05, 0.1) is 11.7 Å². The van der Waals surface area contributed by atoms with Crippen LogP contribution in [0.5, 0.6) is 0 Å². The number of rotatable bonds is 3. The smallest absolute Gasteiger partial charge is 0.143 e. The number of nitrogens with zero attached hydrogens (tertiary/aromatic N) is 2. The maximum atomic E-state index is 6.80. The molecule has 43 heavy (non-hydrogen) atoms. The molecular formula is C38H29N3OS. The van der Waals surface area contributed by atoms with Crippen molar-refractivity contribution in [1.29, 1.82) is 0 Å². The van der Waals surface area contributed by atoms with Crippen molar-refractivity contribution in [3.8, 4) is 11.1 Å². The van der Waals surface area contributed by atoms with E-state index in [-0.39, 0.29) is 6.04 Å². The van der Waals surface area contributed by atoms with Gasteiger partial charge >= 0.3 is 0 Å². The number of hydrogen-bond acceptors (Lipinski definition) is 4. The van der Waals surface area contributed by atoms with Crippen molar-refractivity contribution in [2.24, 2.45) is 10.7 Å². The van der Waals surface area contributed by atoms with E-state index in [2.05, 4.69) is 109 Å². The first-order valence-corrected chi connectivity index (χ1v) is 15.3. The van der Waals surface area contributed by atoms with E-state index >= 15 is 0 Å². The summed E-state index contributed by atoms with van der Waals surface area (Å²) in [5, 5.41) is 3.44. The second-order valence-corrected chi connectivity index (χ2v) is 12.2. The van der Waals surface area contributed by atoms with Crippen molar-refractivity contribution in [2.45, 2.75) is 12.5 Å². The van der Waals surface area contributed by atoms with Gasteiger partial charge in [-0.25, -0.2) is 0 Å². The van der Waals surface area contributed by atoms with Crippen molar-refractivity contribution in [3.05, 3.63) is 138 Å². The average Bonchev–Trinajstić information content (AvgIpc) is 3.60. The lowest BCUT2D eigenvalue weighted by atomic mass is 9.90. The highest BCUT2D eigenvalue weighted by Crippen LogP contribution is 2.45. The maximum absolute atomic E-state index is 6.80. The highest BCUT2D eigenvalue weighted by atomic mass is 32.1. The fourth-order valence-corrected chi connectivity index (χ4v) is 7.44. The van der Waals surface area contributed by atoms with E-state index in [9.17, 15) is 0 Å². The van der Waals surface area contributed by atoms with Gasteiger partial charge < -0.3 is 15.1 Å². The van der Waals surface area contributed by atoms with E-state index in [0.717, 1.165) is 72.4 Å². The van der Waals surface area contributed by atoms with E-state index in [1.807, 2.05) is 18.2 Å². The summed E-state index contributed by atoms with van der Waals surface area (Å²) < 4.78 is 7.32. The van der Waals surface area contributed by atoms with E-state index in [1.54, 1.807) is 11.3 Å². The molecule has 0 bridgehead atoms. The number of furan rings is 1. The van der Waals surface area contributed by atoms with Crippen molar-refractivity contribution in [1.82, 2.24) is 0 Å². The maximum Gasteiger partial charge on any atom is 0.143 e. The predicted molar refractivity (Wildman–Crippen MR) is 184 cm³/mol. The highest BCUT2D eigenvalue weighted by Gasteiger charge is 2.25. The van der Waals surface area contributed by atoms with Crippen LogP contribution < -0.4 is 10.6 Å². The topological polar surface area (TPSA) is 54.8 Å². The summed E-state index contributed by atoms with van der Waals surface area (Å²) in [6.45, 7) is 4.69. The van der Waals surface area contributed by atoms with Gasteiger partial charge in [0.1, 0.15) is 17.0 Å². The largest absolute Gasteiger partial charge is 0.456 e. The fraction of sp³-hybridized carbons (Fsp3) is 0.0789. The third-order valence-electron chi connectivity index (χ3n) is 8.47. The molecule has 1 aliphatic carbocycles. The quantitative estimate of drug-likeness (QED) is 0.169. The Morgan fingerprint density at radius 1 is 0.907 bits per heavy atom. The Morgan fingerprint density at radius 3 is 2.53 bits per heavy atom. The van der Waals surface area contributed by atoms with Crippen LogP contribution in [0.4, 0.5) is 5.69 Å². The van der Waals surface area contributed by atoms with E-state index in [4.69, 9.17) is 21.7 Å². The van der Waals surface area contributed by atoms with Crippen LogP contribution in [-0.4, -0.2) is 18.9 Å². The molecule has 2 aromatic heterocycles. The van der Waals surface area contributed by atoms with Gasteiger partial charge in [-0.1, -0.05) is 79.4 Å². The Hall–Kier alpha value is -5.13. The summed E-state index contributed by atoms with van der Waals surface area (Å²) in [5.74, 6) is 0.524. The molecule has 6 aromatic rings. The zero-order chi connectivity index (χ0) is 29.1. The number of para-hydroxylation sites is 1. The monoisotopic (exact) mass is 575 g/mol. The Morgan fingerprint density at radius 2 is 1.67 bits per heavy atom. The normalized spacial score (nSPS) is 18.0. The van der Waals surface area contributed by atoms with Crippen LogP contribution in [0.25, 0.3) is 54.8 Å². The molecule has 208 valence electrons. The van der Waals surface area contributed by atoms with Crippen LogP contribution in [0.1, 0.15) is 22.4 Å². The molecule has 5 heteroatoms. The number of allylic oxidation sites excluding steroid dienone is 2. The van der Waals surface area contributed by atoms with Gasteiger partial charge in [0.2, 0.25) is 0 Å². The predicted octanol–water partition coefficient (Wildman–Crippen LogP) is 9.56. The molecule has 0 saturated heterocycles. The molecule has 0 spiro atoms. The van der Waals surface area contributed by atoms with Gasteiger partial charge in [0.15, 0.2) is 0 Å². The van der Waals surface area contributed by atoms with Gasteiger partial charge in [-0.15, -0.1) is 11.3 Å². The number of aliphatic imine (C=N–C) groups is 1. The summed E-state index contributed by atoms with van der Waals surface area (Å²) in [7, 11) is 2.07. The number of likely N-dealkylation sites (N-methyl/N-ethyl adjacent to an activating group) is 1. The second kappa shape index (κ2) is 10.0. The van der Waals surface area contributed by atoms with Gasteiger partial charge in [-0.2, -0.15) is 0 Å². The number of benzene rings is 4. The highest BCUT2D eigenvalue weighted by molar-refractivity contribution is 7.20. The zero-order valence-electron chi connectivity index (χ0n) is 23.7. The van der Waals surface area contributed by atoms with Gasteiger partial charge in [0, 0.05) is 49.6 Å². The first kappa shape index (κ1) is 25.6. The number of nitrogens with two attached hydrogens (primary N) is 1. The van der Waals surface area contributed by atoms with Crippen molar-refractivity contribution >= 4 is 66.5 Å². The average molecular weight is 576 g/mol. The molecule has 0 fully saturated rings. The van der Waals surface area contributed by atoms with Crippen LogP contribution in [0, 0.1) is 0 Å². The molecule has 1 unspecified atom stereocenters. The Kier molecular flexibility index (Phi) is 5.95. The molecule has 0 amide bonds. The molecule has 3 heterocycles. The SMILES string of the molecule is C=C1c2cc(-c3ccc4oc5ccccc5c4c3)ccc2N(C)/C(C(N)=NC2C=CC=CC2)=C\c2sc3ccccc3c21. The minimum Gasteiger partial charge on any atom is -0.456 e. The lowest BCUT2D eigenvalue weighted by Crippen LogP contribution is -2.31. The lowest BCUT2D eigenvalue weighted by Gasteiger charge is -2.29. The summed E-state index contributed by atoms with van der Waals surface area (Å²) in [5.41, 5.74) is 16.0. The zero-order valence-corrected chi connectivity index (χ0v) is 24.6. The van der Waals surface area contributed by atoms with Gasteiger partial charge in [0.25, 0.3) is 0 Å². The third-order valence-corrected chi connectivity index (χ3v) is 9.59. The number of thiophene rings is 1.